The van der Waals surface area contributed by atoms with Crippen LogP contribution in [0, 0.1) is 27.7 Å². The maximum absolute atomic E-state index is 3.72. The van der Waals surface area contributed by atoms with Gasteiger partial charge in [-0.25, -0.2) is 0 Å². The Hall–Kier alpha value is -5.48. The Labute approximate surface area is 275 Å². The third-order valence-corrected chi connectivity index (χ3v) is 9.92. The van der Waals surface area contributed by atoms with E-state index >= 15 is 0 Å². The summed E-state index contributed by atoms with van der Waals surface area (Å²) in [6.07, 6.45) is 0.879. The lowest BCUT2D eigenvalue weighted by atomic mass is 9.98. The van der Waals surface area contributed by atoms with Crippen LogP contribution in [-0.2, 0) is 19.5 Å². The number of rotatable bonds is 8. The highest BCUT2D eigenvalue weighted by Crippen LogP contribution is 2.34. The number of H-pyrrole nitrogens is 2. The van der Waals surface area contributed by atoms with Crippen molar-refractivity contribution < 1.29 is 0 Å². The highest BCUT2D eigenvalue weighted by atomic mass is 14.9. The zero-order chi connectivity index (χ0) is 32.1. The molecule has 4 heteroatoms. The minimum atomic E-state index is 0.786. The smallest absolute Gasteiger partial charge is 0.0497 e. The quantitative estimate of drug-likeness (QED) is 0.138. The minimum absolute atomic E-state index is 0.786. The zero-order valence-electron chi connectivity index (χ0n) is 27.5. The average molecular weight is 613 g/mol. The number of benzene rings is 6. The van der Waals surface area contributed by atoms with Gasteiger partial charge in [0.05, 0.1) is 0 Å². The molecule has 0 amide bonds. The van der Waals surface area contributed by atoms with Crippen LogP contribution in [-0.4, -0.2) is 9.97 Å². The maximum Gasteiger partial charge on any atom is 0.0497 e. The van der Waals surface area contributed by atoms with Crippen molar-refractivity contribution >= 4 is 55.0 Å². The molecule has 0 saturated heterocycles. The van der Waals surface area contributed by atoms with Crippen molar-refractivity contribution in [2.24, 2.45) is 0 Å². The predicted octanol–water partition coefficient (Wildman–Crippen LogP) is 11.0. The number of aromatic amines is 2. The van der Waals surface area contributed by atoms with Gasteiger partial charge in [-0.1, -0.05) is 72.8 Å². The number of fused-ring (bicyclic) bond motifs is 6. The Morgan fingerprint density at radius 2 is 0.936 bits per heavy atom. The van der Waals surface area contributed by atoms with Crippen molar-refractivity contribution in [1.82, 2.24) is 9.97 Å². The first-order valence-corrected chi connectivity index (χ1v) is 16.6. The van der Waals surface area contributed by atoms with Crippen LogP contribution in [0.15, 0.2) is 109 Å². The van der Waals surface area contributed by atoms with Crippen LogP contribution in [0.3, 0.4) is 0 Å². The van der Waals surface area contributed by atoms with E-state index in [1.165, 1.54) is 88.1 Å². The van der Waals surface area contributed by atoms with Gasteiger partial charge in [-0.3, -0.25) is 0 Å². The Morgan fingerprint density at radius 1 is 0.489 bits per heavy atom. The normalized spacial score (nSPS) is 11.7. The molecule has 2 heterocycles. The fraction of sp³-hybridized carbons (Fsp3) is 0.163. The van der Waals surface area contributed by atoms with E-state index in [0.717, 1.165) is 30.9 Å². The predicted molar refractivity (Wildman–Crippen MR) is 201 cm³/mol. The second-order valence-corrected chi connectivity index (χ2v) is 13.1. The van der Waals surface area contributed by atoms with Gasteiger partial charge in [-0.15, -0.1) is 0 Å². The summed E-state index contributed by atoms with van der Waals surface area (Å²) < 4.78 is 0. The minimum Gasteiger partial charge on any atom is -0.381 e. The molecule has 8 rings (SSSR count). The zero-order valence-corrected chi connectivity index (χ0v) is 27.5. The molecular weight excluding hydrogens is 573 g/mol. The molecule has 4 nitrogen and oxygen atoms in total. The number of aromatic nitrogens is 2. The van der Waals surface area contributed by atoms with Crippen LogP contribution in [0.2, 0.25) is 0 Å². The van der Waals surface area contributed by atoms with Crippen LogP contribution in [0.4, 0.5) is 11.4 Å². The second-order valence-electron chi connectivity index (χ2n) is 13.1. The van der Waals surface area contributed by atoms with Crippen molar-refractivity contribution in [3.05, 3.63) is 154 Å². The Bertz CT molecular complexity index is 2270. The van der Waals surface area contributed by atoms with Gasteiger partial charge < -0.3 is 20.6 Å². The van der Waals surface area contributed by atoms with Crippen LogP contribution >= 0.6 is 0 Å². The summed E-state index contributed by atoms with van der Waals surface area (Å²) in [7, 11) is 0. The van der Waals surface area contributed by atoms with Crippen LogP contribution in [0.1, 0.15) is 44.5 Å². The first-order valence-electron chi connectivity index (χ1n) is 16.6. The average Bonchev–Trinajstić information content (AvgIpc) is 3.68. The van der Waals surface area contributed by atoms with Gasteiger partial charge in [0, 0.05) is 68.1 Å². The molecule has 0 aliphatic carbocycles. The standard InChI is InChI=1S/C43H40N4/c1-26-19-32(28(3)40-36-15-5-7-17-38(36)46-42(26)40)24-44-34-13-9-11-30(22-34)21-31-12-10-14-35(23-31)45-25-33-20-27(2)43-41(29(33)4)37-16-6-8-18-39(37)47-43/h5-20,22-23,44-47H,21,24-25H2,1-4H3. The summed E-state index contributed by atoms with van der Waals surface area (Å²) in [5, 5.41) is 12.7. The monoisotopic (exact) mass is 612 g/mol. The molecule has 0 spiro atoms. The lowest BCUT2D eigenvalue weighted by Gasteiger charge is -2.14. The van der Waals surface area contributed by atoms with Crippen LogP contribution in [0.25, 0.3) is 43.6 Å². The number of nitrogens with one attached hydrogen (secondary N) is 4. The van der Waals surface area contributed by atoms with Gasteiger partial charge in [0.2, 0.25) is 0 Å². The summed E-state index contributed by atoms with van der Waals surface area (Å²) in [5.41, 5.74) is 17.7. The van der Waals surface area contributed by atoms with E-state index in [2.05, 4.69) is 157 Å². The van der Waals surface area contributed by atoms with Gasteiger partial charge >= 0.3 is 0 Å². The molecule has 2 aromatic heterocycles. The lowest BCUT2D eigenvalue weighted by molar-refractivity contribution is 1.11. The van der Waals surface area contributed by atoms with E-state index in [1.54, 1.807) is 0 Å². The van der Waals surface area contributed by atoms with Crippen molar-refractivity contribution in [2.45, 2.75) is 47.2 Å². The Kier molecular flexibility index (Phi) is 7.21. The molecule has 8 aromatic rings. The first kappa shape index (κ1) is 29.0. The molecule has 6 aromatic carbocycles. The summed E-state index contributed by atoms with van der Waals surface area (Å²) in [6.45, 7) is 10.5. The van der Waals surface area contributed by atoms with E-state index in [1.807, 2.05) is 0 Å². The van der Waals surface area contributed by atoms with E-state index in [0.29, 0.717) is 0 Å². The van der Waals surface area contributed by atoms with Crippen LogP contribution < -0.4 is 10.6 Å². The Balaban J connectivity index is 0.973. The molecule has 0 aliphatic rings. The third kappa shape index (κ3) is 5.30. The molecule has 0 aliphatic heterocycles. The topological polar surface area (TPSA) is 55.6 Å². The van der Waals surface area contributed by atoms with Gasteiger partial charge in [0.15, 0.2) is 0 Å². The summed E-state index contributed by atoms with van der Waals surface area (Å²) >= 11 is 0. The fourth-order valence-electron chi connectivity index (χ4n) is 7.44. The third-order valence-electron chi connectivity index (χ3n) is 9.92. The van der Waals surface area contributed by atoms with Gasteiger partial charge in [0.1, 0.15) is 0 Å². The molecule has 4 N–H and O–H groups in total. The molecule has 232 valence electrons. The van der Waals surface area contributed by atoms with E-state index < -0.39 is 0 Å². The largest absolute Gasteiger partial charge is 0.381 e. The number of para-hydroxylation sites is 2. The maximum atomic E-state index is 3.72. The van der Waals surface area contributed by atoms with E-state index in [4.69, 9.17) is 0 Å². The number of aryl methyl sites for hydroxylation is 4. The molecule has 0 radical (unpaired) electrons. The van der Waals surface area contributed by atoms with Crippen LogP contribution in [0.5, 0.6) is 0 Å². The highest BCUT2D eigenvalue weighted by molar-refractivity contribution is 6.11. The molecule has 47 heavy (non-hydrogen) atoms. The molecule has 0 atom stereocenters. The van der Waals surface area contributed by atoms with Crippen molar-refractivity contribution in [3.8, 4) is 0 Å². The van der Waals surface area contributed by atoms with Gasteiger partial charge in [0.25, 0.3) is 0 Å². The summed E-state index contributed by atoms with van der Waals surface area (Å²) in [6, 6.07) is 39.5. The van der Waals surface area contributed by atoms with E-state index in [9.17, 15) is 0 Å². The van der Waals surface area contributed by atoms with Gasteiger partial charge in [-0.2, -0.15) is 0 Å². The highest BCUT2D eigenvalue weighted by Gasteiger charge is 2.14. The molecule has 0 saturated carbocycles. The molecule has 0 fully saturated rings. The Morgan fingerprint density at radius 3 is 1.40 bits per heavy atom. The van der Waals surface area contributed by atoms with Crippen molar-refractivity contribution in [2.75, 3.05) is 10.6 Å². The number of anilines is 2. The SMILES string of the molecule is Cc1cc(CNc2cccc(Cc3cccc(NCc4cc(C)c5[nH]c6ccccc6c5c4C)c3)c2)c(C)c2c1[nH]c1ccccc12. The molecule has 0 bridgehead atoms. The molecular formula is C43H40N4. The summed E-state index contributed by atoms with van der Waals surface area (Å²) in [5.74, 6) is 0. The van der Waals surface area contributed by atoms with E-state index in [-0.39, 0.29) is 0 Å². The number of hydrogen-bond donors (Lipinski definition) is 4. The van der Waals surface area contributed by atoms with Gasteiger partial charge in [-0.05, 0) is 115 Å². The van der Waals surface area contributed by atoms with Crippen molar-refractivity contribution in [3.63, 3.8) is 0 Å². The fourth-order valence-corrected chi connectivity index (χ4v) is 7.44. The van der Waals surface area contributed by atoms with Crippen molar-refractivity contribution in [1.29, 1.82) is 0 Å². The molecule has 0 unspecified atom stereocenters. The number of hydrogen-bond acceptors (Lipinski definition) is 2. The second kappa shape index (κ2) is 11.7. The lowest BCUT2D eigenvalue weighted by Crippen LogP contribution is -2.03. The summed E-state index contributed by atoms with van der Waals surface area (Å²) in [4.78, 5) is 7.26. The first-order chi connectivity index (χ1) is 22.9.